The van der Waals surface area contributed by atoms with Crippen LogP contribution in [-0.2, 0) is 19.6 Å². The van der Waals surface area contributed by atoms with E-state index in [0.29, 0.717) is 46.9 Å². The Kier molecular flexibility index (Phi) is 6.98. The Morgan fingerprint density at radius 2 is 2.15 bits per heavy atom. The number of piperidine rings is 1. The lowest BCUT2D eigenvalue weighted by atomic mass is 9.98. The molecule has 2 saturated heterocycles. The molecule has 2 aromatic heterocycles. The number of rotatable bonds is 6. The Labute approximate surface area is 212 Å². The van der Waals surface area contributed by atoms with Gasteiger partial charge in [-0.15, -0.1) is 11.3 Å². The Balaban J connectivity index is 1.45. The van der Waals surface area contributed by atoms with Gasteiger partial charge >= 0.3 is 0 Å². The van der Waals surface area contributed by atoms with Crippen LogP contribution in [0.4, 0.5) is 5.13 Å². The van der Waals surface area contributed by atoms with Crippen molar-refractivity contribution >= 4 is 65.6 Å². The van der Waals surface area contributed by atoms with Crippen LogP contribution in [0.1, 0.15) is 31.2 Å². The monoisotopic (exact) mass is 539 g/mol. The zero-order valence-corrected chi connectivity index (χ0v) is 22.0. The SMILES string of the molecule is Cc1ccc(Cl)c2sc(N(CC3CCCO3)C(=O)C3CCCN(S(=O)(=O)c4cccs4)C3)nc12. The fourth-order valence-corrected chi connectivity index (χ4v) is 8.58. The van der Waals surface area contributed by atoms with Gasteiger partial charge in [0.15, 0.2) is 5.13 Å². The number of fused-ring (bicyclic) bond motifs is 1. The normalized spacial score (nSPS) is 21.8. The summed E-state index contributed by atoms with van der Waals surface area (Å²) in [4.78, 5) is 20.4. The minimum Gasteiger partial charge on any atom is -0.376 e. The average Bonchev–Trinajstić information content (AvgIpc) is 3.61. The van der Waals surface area contributed by atoms with E-state index in [-0.39, 0.29) is 18.6 Å². The molecular formula is C23H26ClN3O4S3. The summed E-state index contributed by atoms with van der Waals surface area (Å²) >= 11 is 9.04. The number of hydrogen-bond donors (Lipinski definition) is 0. The average molecular weight is 540 g/mol. The Morgan fingerprint density at radius 3 is 2.85 bits per heavy atom. The number of amides is 1. The number of carbonyl (C=O) groups is 1. The highest BCUT2D eigenvalue weighted by molar-refractivity contribution is 7.91. The summed E-state index contributed by atoms with van der Waals surface area (Å²) in [5.74, 6) is -0.539. The van der Waals surface area contributed by atoms with Gasteiger partial charge in [-0.3, -0.25) is 9.69 Å². The summed E-state index contributed by atoms with van der Waals surface area (Å²) in [6.07, 6.45) is 3.08. The van der Waals surface area contributed by atoms with Crippen molar-refractivity contribution in [3.63, 3.8) is 0 Å². The van der Waals surface area contributed by atoms with Gasteiger partial charge in [-0.1, -0.05) is 35.1 Å². The first-order valence-electron chi connectivity index (χ1n) is 11.4. The Morgan fingerprint density at radius 1 is 1.29 bits per heavy atom. The molecule has 182 valence electrons. The molecule has 0 radical (unpaired) electrons. The predicted molar refractivity (Wildman–Crippen MR) is 136 cm³/mol. The van der Waals surface area contributed by atoms with Crippen LogP contribution in [0.15, 0.2) is 33.9 Å². The van der Waals surface area contributed by atoms with E-state index in [1.807, 2.05) is 19.1 Å². The van der Waals surface area contributed by atoms with E-state index < -0.39 is 15.9 Å². The number of hydrogen-bond acceptors (Lipinski definition) is 7. The first kappa shape index (κ1) is 24.1. The highest BCUT2D eigenvalue weighted by atomic mass is 35.5. The third-order valence-electron chi connectivity index (χ3n) is 6.42. The zero-order chi connectivity index (χ0) is 23.9. The summed E-state index contributed by atoms with van der Waals surface area (Å²) in [6.45, 7) is 3.66. The topological polar surface area (TPSA) is 79.8 Å². The van der Waals surface area contributed by atoms with Crippen molar-refractivity contribution in [2.75, 3.05) is 31.1 Å². The lowest BCUT2D eigenvalue weighted by Crippen LogP contribution is -2.48. The van der Waals surface area contributed by atoms with E-state index in [4.69, 9.17) is 21.3 Å². The third kappa shape index (κ3) is 4.64. The van der Waals surface area contributed by atoms with Crippen molar-refractivity contribution in [3.8, 4) is 0 Å². The molecule has 0 spiro atoms. The summed E-state index contributed by atoms with van der Waals surface area (Å²) in [7, 11) is -3.60. The summed E-state index contributed by atoms with van der Waals surface area (Å²) < 4.78 is 34.6. The molecule has 2 aliphatic rings. The minimum atomic E-state index is -3.60. The maximum Gasteiger partial charge on any atom is 0.252 e. The van der Waals surface area contributed by atoms with E-state index in [0.717, 1.165) is 28.6 Å². The standard InChI is InChI=1S/C23H26ClN3O4S3/c1-15-8-9-18(24)21-20(15)25-23(33-21)27(14-17-6-3-11-31-17)22(28)16-5-2-10-26(13-16)34(29,30)19-7-4-12-32-19/h4,7-9,12,16-17H,2-3,5-6,10-11,13-14H2,1H3. The van der Waals surface area contributed by atoms with E-state index in [1.165, 1.54) is 27.0 Å². The number of thiazole rings is 1. The highest BCUT2D eigenvalue weighted by Crippen LogP contribution is 2.37. The fraction of sp³-hybridized carbons (Fsp3) is 0.478. The number of anilines is 1. The van der Waals surface area contributed by atoms with Crippen LogP contribution >= 0.6 is 34.3 Å². The van der Waals surface area contributed by atoms with E-state index in [9.17, 15) is 13.2 Å². The van der Waals surface area contributed by atoms with Gasteiger partial charge in [0, 0.05) is 19.7 Å². The number of carbonyl (C=O) groups excluding carboxylic acids is 1. The molecule has 0 aliphatic carbocycles. The fourth-order valence-electron chi connectivity index (χ4n) is 4.58. The molecule has 0 N–H and O–H groups in total. The molecule has 1 aromatic carbocycles. The van der Waals surface area contributed by atoms with Gasteiger partial charge in [0.05, 0.1) is 33.8 Å². The van der Waals surface area contributed by atoms with E-state index >= 15 is 0 Å². The van der Waals surface area contributed by atoms with E-state index in [2.05, 4.69) is 0 Å². The van der Waals surface area contributed by atoms with Gasteiger partial charge in [-0.05, 0) is 55.7 Å². The first-order valence-corrected chi connectivity index (χ1v) is 14.9. The number of nitrogens with zero attached hydrogens (tertiary/aromatic N) is 3. The second-order valence-electron chi connectivity index (χ2n) is 8.76. The number of aromatic nitrogens is 1. The van der Waals surface area contributed by atoms with Crippen LogP contribution in [0, 0.1) is 12.8 Å². The van der Waals surface area contributed by atoms with Crippen molar-refractivity contribution in [1.29, 1.82) is 0 Å². The second-order valence-corrected chi connectivity index (χ2v) is 13.3. The van der Waals surface area contributed by atoms with Gasteiger partial charge in [0.1, 0.15) is 4.21 Å². The van der Waals surface area contributed by atoms with Crippen LogP contribution in [0.3, 0.4) is 0 Å². The molecule has 2 atom stereocenters. The Bertz CT molecular complexity index is 1250. The van der Waals surface area contributed by atoms with Crippen LogP contribution in [-0.4, -0.2) is 56.0 Å². The summed E-state index contributed by atoms with van der Waals surface area (Å²) in [5, 5.41) is 2.95. The number of benzene rings is 1. The first-order chi connectivity index (χ1) is 16.3. The molecule has 0 saturated carbocycles. The van der Waals surface area contributed by atoms with Crippen LogP contribution < -0.4 is 4.90 Å². The predicted octanol–water partition coefficient (Wildman–Crippen LogP) is 4.93. The molecule has 5 rings (SSSR count). The van der Waals surface area contributed by atoms with Gasteiger partial charge in [0.25, 0.3) is 10.0 Å². The molecule has 1 amide bonds. The summed E-state index contributed by atoms with van der Waals surface area (Å²) in [5.41, 5.74) is 1.79. The van der Waals surface area contributed by atoms with Gasteiger partial charge < -0.3 is 4.74 Å². The number of ether oxygens (including phenoxy) is 1. The molecule has 2 fully saturated rings. The lowest BCUT2D eigenvalue weighted by Gasteiger charge is -2.34. The van der Waals surface area contributed by atoms with Gasteiger partial charge in [0.2, 0.25) is 5.91 Å². The van der Waals surface area contributed by atoms with Gasteiger partial charge in [-0.25, -0.2) is 13.4 Å². The van der Waals surface area contributed by atoms with Crippen molar-refractivity contribution in [2.45, 2.75) is 42.9 Å². The second kappa shape index (κ2) is 9.83. The van der Waals surface area contributed by atoms with Crippen LogP contribution in [0.2, 0.25) is 5.02 Å². The molecular weight excluding hydrogens is 514 g/mol. The third-order valence-corrected chi connectivity index (χ3v) is 11.2. The largest absolute Gasteiger partial charge is 0.376 e. The lowest BCUT2D eigenvalue weighted by molar-refractivity contribution is -0.123. The van der Waals surface area contributed by atoms with Gasteiger partial charge in [-0.2, -0.15) is 4.31 Å². The molecule has 11 heteroatoms. The van der Waals surface area contributed by atoms with Crippen molar-refractivity contribution in [2.24, 2.45) is 5.92 Å². The molecule has 2 aliphatic heterocycles. The zero-order valence-electron chi connectivity index (χ0n) is 18.8. The number of halogens is 1. The number of sulfonamides is 1. The van der Waals surface area contributed by atoms with Crippen molar-refractivity contribution in [3.05, 3.63) is 40.2 Å². The highest BCUT2D eigenvalue weighted by Gasteiger charge is 2.37. The quantitative estimate of drug-likeness (QED) is 0.443. The maximum atomic E-state index is 13.9. The van der Waals surface area contributed by atoms with E-state index in [1.54, 1.807) is 22.4 Å². The molecule has 4 heterocycles. The molecule has 7 nitrogen and oxygen atoms in total. The number of aryl methyl sites for hydroxylation is 1. The van der Waals surface area contributed by atoms with Crippen LogP contribution in [0.5, 0.6) is 0 Å². The summed E-state index contributed by atoms with van der Waals surface area (Å²) in [6, 6.07) is 7.12. The van der Waals surface area contributed by atoms with Crippen molar-refractivity contribution < 1.29 is 17.9 Å². The maximum absolute atomic E-state index is 13.9. The smallest absolute Gasteiger partial charge is 0.252 e. The molecule has 34 heavy (non-hydrogen) atoms. The minimum absolute atomic E-state index is 0.0536. The Hall–Kier alpha value is -1.56. The molecule has 3 aromatic rings. The van der Waals surface area contributed by atoms with Crippen LogP contribution in [0.25, 0.3) is 10.2 Å². The molecule has 0 bridgehead atoms. The molecule has 2 unspecified atom stereocenters. The number of thiophene rings is 1. The van der Waals surface area contributed by atoms with Crippen molar-refractivity contribution in [1.82, 2.24) is 9.29 Å².